The normalized spacial score (nSPS) is 22.2. The summed E-state index contributed by atoms with van der Waals surface area (Å²) in [6.45, 7) is 2.23. The molecule has 1 aliphatic rings. The fourth-order valence-corrected chi connectivity index (χ4v) is 1.34. The van der Waals surface area contributed by atoms with Gasteiger partial charge in [-0.3, -0.25) is 9.59 Å². The second-order valence-electron chi connectivity index (χ2n) is 2.92. The first-order valence-corrected chi connectivity index (χ1v) is 3.63. The second kappa shape index (κ2) is 2.07. The summed E-state index contributed by atoms with van der Waals surface area (Å²) in [6.07, 6.45) is -0.134. The van der Waals surface area contributed by atoms with Gasteiger partial charge in [-0.25, -0.2) is 5.84 Å². The largest absolute Gasteiger partial charge is 0.482 e. The van der Waals surface area contributed by atoms with Crippen LogP contribution in [0.4, 0.5) is 5.69 Å². The van der Waals surface area contributed by atoms with Gasteiger partial charge in [-0.15, -0.1) is 0 Å². The lowest BCUT2D eigenvalue weighted by Crippen LogP contribution is -2.52. The second-order valence-corrected chi connectivity index (χ2v) is 2.92. The zero-order valence-electron chi connectivity index (χ0n) is 6.53. The minimum Gasteiger partial charge on any atom is -0.482 e. The minimum absolute atomic E-state index is 0.126. The number of anilines is 1. The first kappa shape index (κ1) is 7.30. The van der Waals surface area contributed by atoms with Gasteiger partial charge in [0.1, 0.15) is 6.10 Å². The monoisotopic (exact) mass is 168 g/mol. The summed E-state index contributed by atoms with van der Waals surface area (Å²) in [4.78, 5) is 21.8. The fraction of sp³-hybridized carbons (Fsp3) is 0.429. The summed E-state index contributed by atoms with van der Waals surface area (Å²) in [6, 6.07) is 0. The Morgan fingerprint density at radius 1 is 1.50 bits per heavy atom. The van der Waals surface area contributed by atoms with Gasteiger partial charge in [0.25, 0.3) is 10.9 Å². The van der Waals surface area contributed by atoms with Gasteiger partial charge in [-0.1, -0.05) is 0 Å². The van der Waals surface area contributed by atoms with E-state index in [0.29, 0.717) is 6.54 Å². The van der Waals surface area contributed by atoms with E-state index >= 15 is 0 Å². The lowest BCUT2D eigenvalue weighted by atomic mass is 10.1. The molecule has 12 heavy (non-hydrogen) atoms. The Labute approximate surface area is 68.0 Å². The number of ether oxygens (including phenoxy) is 1. The molecule has 0 fully saturated rings. The molecule has 0 aromatic heterocycles. The molecule has 1 heterocycles. The first-order valence-electron chi connectivity index (χ1n) is 3.63. The number of nitrogens with two attached hydrogens (primary N) is 1. The van der Waals surface area contributed by atoms with Crippen molar-refractivity contribution in [2.45, 2.75) is 13.0 Å². The zero-order valence-corrected chi connectivity index (χ0v) is 6.53. The van der Waals surface area contributed by atoms with Crippen molar-refractivity contribution in [1.82, 2.24) is 0 Å². The van der Waals surface area contributed by atoms with Crippen molar-refractivity contribution >= 4 is 5.69 Å². The van der Waals surface area contributed by atoms with E-state index in [2.05, 4.69) is 0 Å². The van der Waals surface area contributed by atoms with Crippen molar-refractivity contribution in [2.75, 3.05) is 11.6 Å². The van der Waals surface area contributed by atoms with Gasteiger partial charge in [0.15, 0.2) is 11.4 Å². The highest BCUT2D eigenvalue weighted by atomic mass is 16.5. The predicted octanol–water partition coefficient (Wildman–Crippen LogP) is -1.26. The van der Waals surface area contributed by atoms with Crippen molar-refractivity contribution in [3.8, 4) is 5.75 Å². The molecule has 5 heteroatoms. The summed E-state index contributed by atoms with van der Waals surface area (Å²) in [5, 5.41) is 1.27. The van der Waals surface area contributed by atoms with Crippen LogP contribution >= 0.6 is 0 Å². The maximum absolute atomic E-state index is 10.9. The van der Waals surface area contributed by atoms with E-state index in [1.54, 1.807) is 6.92 Å². The maximum atomic E-state index is 10.9. The quantitative estimate of drug-likeness (QED) is 0.387. The Kier molecular flexibility index (Phi) is 1.26. The third-order valence-electron chi connectivity index (χ3n) is 1.90. The number of hydrogen-bond donors (Lipinski definition) is 1. The molecule has 0 radical (unpaired) electrons. The number of hydrogen-bond acceptors (Lipinski definition) is 5. The average Bonchev–Trinajstić information content (AvgIpc) is 2.02. The van der Waals surface area contributed by atoms with E-state index < -0.39 is 10.9 Å². The van der Waals surface area contributed by atoms with Crippen molar-refractivity contribution in [3.05, 3.63) is 20.4 Å². The van der Waals surface area contributed by atoms with E-state index in [1.165, 1.54) is 5.01 Å². The van der Waals surface area contributed by atoms with Crippen LogP contribution in [0.25, 0.3) is 0 Å². The summed E-state index contributed by atoms with van der Waals surface area (Å²) in [7, 11) is 0. The standard InChI is InChI=1S/C7H8N2O3/c1-3-2-9(8)4-5(10)6(11)7(4)12-3/h3H,2,8H2,1H3. The van der Waals surface area contributed by atoms with Gasteiger partial charge in [0.2, 0.25) is 0 Å². The minimum atomic E-state index is -0.563. The Morgan fingerprint density at radius 2 is 2.17 bits per heavy atom. The highest BCUT2D eigenvalue weighted by Gasteiger charge is 2.32. The van der Waals surface area contributed by atoms with Crippen LogP contribution in [0.5, 0.6) is 5.75 Å². The maximum Gasteiger partial charge on any atom is 0.272 e. The van der Waals surface area contributed by atoms with Crippen molar-refractivity contribution in [1.29, 1.82) is 0 Å². The molecular weight excluding hydrogens is 160 g/mol. The van der Waals surface area contributed by atoms with Gasteiger partial charge in [0.05, 0.1) is 6.54 Å². The van der Waals surface area contributed by atoms with Gasteiger partial charge >= 0.3 is 0 Å². The topological polar surface area (TPSA) is 72.6 Å². The fourth-order valence-electron chi connectivity index (χ4n) is 1.34. The van der Waals surface area contributed by atoms with Gasteiger partial charge in [-0.05, 0) is 6.92 Å². The number of rotatable bonds is 0. The van der Waals surface area contributed by atoms with Gasteiger partial charge in [0, 0.05) is 0 Å². The third-order valence-corrected chi connectivity index (χ3v) is 1.90. The first-order chi connectivity index (χ1) is 5.61. The van der Waals surface area contributed by atoms with Crippen molar-refractivity contribution in [3.63, 3.8) is 0 Å². The number of nitrogens with zero attached hydrogens (tertiary/aromatic N) is 1. The van der Waals surface area contributed by atoms with Crippen LogP contribution in [0, 0.1) is 0 Å². The van der Waals surface area contributed by atoms with Gasteiger partial charge < -0.3 is 9.75 Å². The zero-order chi connectivity index (χ0) is 8.88. The van der Waals surface area contributed by atoms with E-state index in [1.807, 2.05) is 0 Å². The molecule has 64 valence electrons. The molecule has 0 saturated carbocycles. The molecule has 1 atom stereocenters. The average molecular weight is 168 g/mol. The summed E-state index contributed by atoms with van der Waals surface area (Å²) >= 11 is 0. The highest BCUT2D eigenvalue weighted by molar-refractivity contribution is 5.64. The van der Waals surface area contributed by atoms with Crippen LogP contribution in [-0.2, 0) is 0 Å². The molecule has 0 amide bonds. The van der Waals surface area contributed by atoms with Crippen LogP contribution in [0.2, 0.25) is 0 Å². The van der Waals surface area contributed by atoms with Crippen molar-refractivity contribution in [2.24, 2.45) is 5.84 Å². The Bertz CT molecular complexity index is 391. The van der Waals surface area contributed by atoms with E-state index in [0.717, 1.165) is 0 Å². The van der Waals surface area contributed by atoms with Crippen LogP contribution in [0.3, 0.4) is 0 Å². The third kappa shape index (κ3) is 0.711. The van der Waals surface area contributed by atoms with E-state index in [-0.39, 0.29) is 17.5 Å². The van der Waals surface area contributed by atoms with E-state index in [4.69, 9.17) is 10.6 Å². The predicted molar refractivity (Wildman–Crippen MR) is 43.0 cm³/mol. The Balaban J connectivity index is 2.50. The molecule has 0 bridgehead atoms. The lowest BCUT2D eigenvalue weighted by molar-refractivity contribution is 0.206. The lowest BCUT2D eigenvalue weighted by Gasteiger charge is -2.31. The molecule has 0 aliphatic carbocycles. The molecule has 5 nitrogen and oxygen atoms in total. The van der Waals surface area contributed by atoms with E-state index in [9.17, 15) is 9.59 Å². The van der Waals surface area contributed by atoms with Crippen LogP contribution in [0.15, 0.2) is 9.59 Å². The Morgan fingerprint density at radius 3 is 2.83 bits per heavy atom. The van der Waals surface area contributed by atoms with Crippen LogP contribution in [-0.4, -0.2) is 12.6 Å². The summed E-state index contributed by atoms with van der Waals surface area (Å²) < 4.78 is 5.13. The molecular formula is C7H8N2O3. The SMILES string of the molecule is CC1CN(N)c2c(c(=O)c2=O)O1. The summed E-state index contributed by atoms with van der Waals surface area (Å²) in [5.74, 6) is 5.61. The summed E-state index contributed by atoms with van der Waals surface area (Å²) in [5.41, 5.74) is -0.885. The molecule has 2 N–H and O–H groups in total. The molecule has 1 unspecified atom stereocenters. The van der Waals surface area contributed by atoms with Crippen LogP contribution < -0.4 is 26.4 Å². The van der Waals surface area contributed by atoms with Gasteiger partial charge in [-0.2, -0.15) is 0 Å². The van der Waals surface area contributed by atoms with Crippen molar-refractivity contribution < 1.29 is 4.74 Å². The number of hydrazine groups is 1. The Hall–Kier alpha value is -1.36. The highest BCUT2D eigenvalue weighted by Crippen LogP contribution is 2.25. The molecule has 1 aliphatic heterocycles. The smallest absolute Gasteiger partial charge is 0.272 e. The van der Waals surface area contributed by atoms with Crippen LogP contribution in [0.1, 0.15) is 6.92 Å². The molecule has 1 aromatic rings. The molecule has 0 spiro atoms. The molecule has 1 aromatic carbocycles. The molecule has 0 saturated heterocycles. The number of fused-ring (bicyclic) bond motifs is 1. The molecule has 2 rings (SSSR count).